The Kier molecular flexibility index (Phi) is 5.65. The Morgan fingerprint density at radius 3 is 2.86 bits per heavy atom. The van der Waals surface area contributed by atoms with Crippen LogP contribution in [0.3, 0.4) is 0 Å². The van der Waals surface area contributed by atoms with Gasteiger partial charge in [-0.25, -0.2) is 0 Å². The SMILES string of the molecule is Cl.NC1CCCN(C(=O)CC2CCCc3ccccc32)C1. The molecule has 1 aromatic rings. The van der Waals surface area contributed by atoms with E-state index in [0.29, 0.717) is 18.2 Å². The summed E-state index contributed by atoms with van der Waals surface area (Å²) in [7, 11) is 0. The number of amides is 1. The van der Waals surface area contributed by atoms with Crippen LogP contribution in [0.4, 0.5) is 0 Å². The van der Waals surface area contributed by atoms with Crippen LogP contribution in [-0.4, -0.2) is 29.9 Å². The van der Waals surface area contributed by atoms with Crippen LogP contribution in [0.2, 0.25) is 0 Å². The van der Waals surface area contributed by atoms with Crippen LogP contribution < -0.4 is 5.73 Å². The van der Waals surface area contributed by atoms with E-state index in [1.807, 2.05) is 4.90 Å². The van der Waals surface area contributed by atoms with Crippen molar-refractivity contribution in [1.29, 1.82) is 0 Å². The molecule has 1 amide bonds. The zero-order chi connectivity index (χ0) is 13.9. The van der Waals surface area contributed by atoms with E-state index in [-0.39, 0.29) is 18.4 Å². The lowest BCUT2D eigenvalue weighted by atomic mass is 9.81. The van der Waals surface area contributed by atoms with E-state index in [1.165, 1.54) is 17.5 Å². The number of piperidine rings is 1. The highest BCUT2D eigenvalue weighted by Crippen LogP contribution is 2.34. The molecule has 1 heterocycles. The van der Waals surface area contributed by atoms with E-state index in [2.05, 4.69) is 24.3 Å². The number of fused-ring (bicyclic) bond motifs is 1. The van der Waals surface area contributed by atoms with Gasteiger partial charge in [0.05, 0.1) is 0 Å². The standard InChI is InChI=1S/C17H24N2O.ClH/c18-15-8-4-10-19(12-15)17(20)11-14-7-3-6-13-5-1-2-9-16(13)14;/h1-2,5,9,14-15H,3-4,6-8,10-12,18H2;1H. The van der Waals surface area contributed by atoms with Crippen LogP contribution in [-0.2, 0) is 11.2 Å². The van der Waals surface area contributed by atoms with Gasteiger partial charge in [-0.2, -0.15) is 0 Å². The molecule has 116 valence electrons. The zero-order valence-corrected chi connectivity index (χ0v) is 13.3. The summed E-state index contributed by atoms with van der Waals surface area (Å²) in [6.07, 6.45) is 6.26. The lowest BCUT2D eigenvalue weighted by Crippen LogP contribution is -2.46. The fourth-order valence-corrected chi connectivity index (χ4v) is 3.64. The molecule has 0 saturated carbocycles. The van der Waals surface area contributed by atoms with E-state index in [9.17, 15) is 4.79 Å². The van der Waals surface area contributed by atoms with Crippen LogP contribution >= 0.6 is 12.4 Å². The predicted octanol–water partition coefficient (Wildman–Crippen LogP) is 2.87. The zero-order valence-electron chi connectivity index (χ0n) is 12.5. The first-order valence-electron chi connectivity index (χ1n) is 7.85. The van der Waals surface area contributed by atoms with Gasteiger partial charge in [-0.1, -0.05) is 24.3 Å². The van der Waals surface area contributed by atoms with Crippen molar-refractivity contribution in [1.82, 2.24) is 4.90 Å². The molecule has 1 aromatic carbocycles. The number of likely N-dealkylation sites (tertiary alicyclic amines) is 1. The van der Waals surface area contributed by atoms with Crippen molar-refractivity contribution >= 4 is 18.3 Å². The summed E-state index contributed by atoms with van der Waals surface area (Å²) in [6.45, 7) is 1.63. The fourth-order valence-electron chi connectivity index (χ4n) is 3.64. The van der Waals surface area contributed by atoms with Crippen molar-refractivity contribution in [3.63, 3.8) is 0 Å². The van der Waals surface area contributed by atoms with Gasteiger partial charge in [0, 0.05) is 25.6 Å². The van der Waals surface area contributed by atoms with Gasteiger partial charge in [0.25, 0.3) is 0 Å². The number of nitrogens with zero attached hydrogens (tertiary/aromatic N) is 1. The molecule has 2 unspecified atom stereocenters. The molecule has 1 fully saturated rings. The number of hydrogen-bond acceptors (Lipinski definition) is 2. The normalized spacial score (nSPS) is 24.9. The third-order valence-electron chi connectivity index (χ3n) is 4.73. The fraction of sp³-hybridized carbons (Fsp3) is 0.588. The van der Waals surface area contributed by atoms with Gasteiger partial charge < -0.3 is 10.6 Å². The van der Waals surface area contributed by atoms with E-state index in [1.54, 1.807) is 0 Å². The topological polar surface area (TPSA) is 46.3 Å². The van der Waals surface area contributed by atoms with Crippen LogP contribution in [0.5, 0.6) is 0 Å². The molecule has 3 rings (SSSR count). The van der Waals surface area contributed by atoms with E-state index in [0.717, 1.165) is 38.8 Å². The first-order chi connectivity index (χ1) is 9.74. The summed E-state index contributed by atoms with van der Waals surface area (Å²) in [5.41, 5.74) is 8.81. The number of carbonyl (C=O) groups excluding carboxylic acids is 1. The van der Waals surface area contributed by atoms with Gasteiger partial charge in [0.1, 0.15) is 0 Å². The molecule has 2 aliphatic rings. The number of benzene rings is 1. The van der Waals surface area contributed by atoms with Gasteiger partial charge in [-0.3, -0.25) is 4.79 Å². The summed E-state index contributed by atoms with van der Waals surface area (Å²) in [5.74, 6) is 0.701. The molecule has 0 bridgehead atoms. The maximum atomic E-state index is 12.5. The van der Waals surface area contributed by atoms with E-state index in [4.69, 9.17) is 5.73 Å². The molecular weight excluding hydrogens is 284 g/mol. The second-order valence-corrected chi connectivity index (χ2v) is 6.23. The predicted molar refractivity (Wildman–Crippen MR) is 87.8 cm³/mol. The number of rotatable bonds is 2. The lowest BCUT2D eigenvalue weighted by molar-refractivity contribution is -0.132. The molecule has 4 heteroatoms. The summed E-state index contributed by atoms with van der Waals surface area (Å²) in [5, 5.41) is 0. The minimum atomic E-state index is 0. The number of halogens is 1. The highest BCUT2D eigenvalue weighted by molar-refractivity contribution is 5.85. The molecule has 2 atom stereocenters. The molecule has 0 aromatic heterocycles. The van der Waals surface area contributed by atoms with E-state index < -0.39 is 0 Å². The number of aryl methyl sites for hydroxylation is 1. The van der Waals surface area contributed by atoms with Crippen molar-refractivity contribution in [2.24, 2.45) is 5.73 Å². The first-order valence-corrected chi connectivity index (χ1v) is 7.85. The smallest absolute Gasteiger partial charge is 0.223 e. The van der Waals surface area contributed by atoms with Gasteiger partial charge in [0.15, 0.2) is 0 Å². The highest BCUT2D eigenvalue weighted by Gasteiger charge is 2.26. The Hall–Kier alpha value is -1.06. The average Bonchev–Trinajstić information content (AvgIpc) is 2.47. The van der Waals surface area contributed by atoms with Crippen molar-refractivity contribution in [3.05, 3.63) is 35.4 Å². The minimum Gasteiger partial charge on any atom is -0.341 e. The van der Waals surface area contributed by atoms with Crippen LogP contribution in [0.15, 0.2) is 24.3 Å². The maximum absolute atomic E-state index is 12.5. The number of carbonyl (C=O) groups is 1. The monoisotopic (exact) mass is 308 g/mol. The Morgan fingerprint density at radius 2 is 2.05 bits per heavy atom. The molecule has 1 aliphatic carbocycles. The largest absolute Gasteiger partial charge is 0.341 e. The van der Waals surface area contributed by atoms with Gasteiger partial charge in [-0.15, -0.1) is 12.4 Å². The summed E-state index contributed by atoms with van der Waals surface area (Å²) in [6, 6.07) is 8.79. The second-order valence-electron chi connectivity index (χ2n) is 6.23. The molecule has 21 heavy (non-hydrogen) atoms. The number of nitrogens with two attached hydrogens (primary N) is 1. The van der Waals surface area contributed by atoms with Crippen LogP contribution in [0.1, 0.15) is 49.1 Å². The van der Waals surface area contributed by atoms with E-state index >= 15 is 0 Å². The summed E-state index contributed by atoms with van der Waals surface area (Å²) < 4.78 is 0. The molecule has 1 saturated heterocycles. The second kappa shape index (κ2) is 7.28. The maximum Gasteiger partial charge on any atom is 0.223 e. The van der Waals surface area contributed by atoms with Crippen molar-refractivity contribution in [2.45, 2.75) is 50.5 Å². The summed E-state index contributed by atoms with van der Waals surface area (Å²) in [4.78, 5) is 14.5. The Balaban J connectivity index is 0.00000161. The molecule has 3 nitrogen and oxygen atoms in total. The van der Waals surface area contributed by atoms with Gasteiger partial charge in [-0.05, 0) is 49.1 Å². The molecule has 1 aliphatic heterocycles. The molecular formula is C17H25ClN2O. The van der Waals surface area contributed by atoms with Gasteiger partial charge >= 0.3 is 0 Å². The quantitative estimate of drug-likeness (QED) is 0.913. The highest BCUT2D eigenvalue weighted by atomic mass is 35.5. The Bertz CT molecular complexity index is 491. The van der Waals surface area contributed by atoms with Crippen LogP contribution in [0, 0.1) is 0 Å². The Morgan fingerprint density at radius 1 is 1.24 bits per heavy atom. The average molecular weight is 309 g/mol. The third-order valence-corrected chi connectivity index (χ3v) is 4.73. The van der Waals surface area contributed by atoms with Crippen LogP contribution in [0.25, 0.3) is 0 Å². The Labute approximate surface area is 133 Å². The first kappa shape index (κ1) is 16.3. The van der Waals surface area contributed by atoms with Crippen molar-refractivity contribution in [2.75, 3.05) is 13.1 Å². The lowest BCUT2D eigenvalue weighted by Gasteiger charge is -2.33. The minimum absolute atomic E-state index is 0. The van der Waals surface area contributed by atoms with Crippen molar-refractivity contribution in [3.8, 4) is 0 Å². The third kappa shape index (κ3) is 3.78. The molecule has 0 radical (unpaired) electrons. The summed E-state index contributed by atoms with van der Waals surface area (Å²) >= 11 is 0. The molecule has 2 N–H and O–H groups in total. The van der Waals surface area contributed by atoms with Crippen molar-refractivity contribution < 1.29 is 4.79 Å². The number of hydrogen-bond donors (Lipinski definition) is 1. The van der Waals surface area contributed by atoms with Gasteiger partial charge in [0.2, 0.25) is 5.91 Å². The molecule has 0 spiro atoms.